The van der Waals surface area contributed by atoms with Crippen LogP contribution in [-0.2, 0) is 13.0 Å². The molecule has 1 aliphatic rings. The fraction of sp³-hybridized carbons (Fsp3) is 0.368. The summed E-state index contributed by atoms with van der Waals surface area (Å²) in [5.41, 5.74) is 5.53. The molecule has 2 unspecified atom stereocenters. The van der Waals surface area contributed by atoms with Crippen LogP contribution in [0.15, 0.2) is 42.5 Å². The molecule has 21 heavy (non-hydrogen) atoms. The summed E-state index contributed by atoms with van der Waals surface area (Å²) >= 11 is 0. The third-order valence-electron chi connectivity index (χ3n) is 4.67. The van der Waals surface area contributed by atoms with Gasteiger partial charge in [0.2, 0.25) is 0 Å². The van der Waals surface area contributed by atoms with Crippen LogP contribution in [0.25, 0.3) is 0 Å². The molecule has 0 saturated carbocycles. The highest BCUT2D eigenvalue weighted by atomic mass is 16.5. The van der Waals surface area contributed by atoms with Crippen molar-refractivity contribution < 1.29 is 4.74 Å². The monoisotopic (exact) mass is 281 g/mol. The van der Waals surface area contributed by atoms with E-state index in [9.17, 15) is 0 Å². The van der Waals surface area contributed by atoms with Gasteiger partial charge in [-0.2, -0.15) is 0 Å². The molecule has 2 atom stereocenters. The van der Waals surface area contributed by atoms with Crippen molar-refractivity contribution in [2.45, 2.75) is 38.8 Å². The van der Waals surface area contributed by atoms with Crippen LogP contribution >= 0.6 is 0 Å². The minimum Gasteiger partial charge on any atom is -0.496 e. The molecule has 110 valence electrons. The van der Waals surface area contributed by atoms with Gasteiger partial charge in [-0.05, 0) is 36.1 Å². The lowest BCUT2D eigenvalue weighted by atomic mass is 9.81. The minimum atomic E-state index is 0.448. The Morgan fingerprint density at radius 1 is 1.14 bits per heavy atom. The van der Waals surface area contributed by atoms with Gasteiger partial charge < -0.3 is 10.1 Å². The van der Waals surface area contributed by atoms with E-state index in [0.29, 0.717) is 12.0 Å². The number of nitrogens with one attached hydrogen (secondary N) is 1. The first-order chi connectivity index (χ1) is 10.2. The van der Waals surface area contributed by atoms with E-state index in [0.717, 1.165) is 18.7 Å². The number of rotatable bonds is 3. The maximum atomic E-state index is 5.61. The average molecular weight is 281 g/mol. The molecule has 2 heteroatoms. The van der Waals surface area contributed by atoms with E-state index in [4.69, 9.17) is 4.74 Å². The molecule has 2 nitrogen and oxygen atoms in total. The summed E-state index contributed by atoms with van der Waals surface area (Å²) < 4.78 is 5.61. The largest absolute Gasteiger partial charge is 0.496 e. The Hall–Kier alpha value is -1.80. The Morgan fingerprint density at radius 3 is 2.62 bits per heavy atom. The lowest BCUT2D eigenvalue weighted by Crippen LogP contribution is -2.40. The molecule has 2 aromatic carbocycles. The molecule has 2 aromatic rings. The van der Waals surface area contributed by atoms with Crippen molar-refractivity contribution in [2.75, 3.05) is 7.11 Å². The second-order valence-corrected chi connectivity index (χ2v) is 5.94. The van der Waals surface area contributed by atoms with E-state index in [1.54, 1.807) is 7.11 Å². The van der Waals surface area contributed by atoms with Gasteiger partial charge in [-0.3, -0.25) is 0 Å². The second-order valence-electron chi connectivity index (χ2n) is 5.94. The summed E-state index contributed by atoms with van der Waals surface area (Å²) in [5, 5.41) is 3.71. The summed E-state index contributed by atoms with van der Waals surface area (Å²) in [7, 11) is 1.77. The van der Waals surface area contributed by atoms with Crippen LogP contribution in [0.5, 0.6) is 5.75 Å². The highest BCUT2D eigenvalue weighted by molar-refractivity contribution is 5.49. The SMILES string of the molecule is COc1ccc(C)c2c1C(C)C(Cc1ccccc1)NC2. The number of methoxy groups -OCH3 is 1. The Balaban J connectivity index is 1.91. The molecule has 0 fully saturated rings. The zero-order valence-corrected chi connectivity index (χ0v) is 13.0. The average Bonchev–Trinajstić information content (AvgIpc) is 2.52. The first-order valence-electron chi connectivity index (χ1n) is 7.64. The van der Waals surface area contributed by atoms with Gasteiger partial charge in [0, 0.05) is 24.1 Å². The number of hydrogen-bond donors (Lipinski definition) is 1. The number of ether oxygens (including phenoxy) is 1. The van der Waals surface area contributed by atoms with Crippen LogP contribution in [-0.4, -0.2) is 13.2 Å². The Labute approximate surface area is 127 Å². The van der Waals surface area contributed by atoms with E-state index in [2.05, 4.69) is 61.6 Å². The van der Waals surface area contributed by atoms with Crippen LogP contribution < -0.4 is 10.1 Å². The molecule has 3 rings (SSSR count). The molecule has 0 bridgehead atoms. The highest BCUT2D eigenvalue weighted by Crippen LogP contribution is 2.37. The number of aryl methyl sites for hydroxylation is 1. The second kappa shape index (κ2) is 5.90. The lowest BCUT2D eigenvalue weighted by molar-refractivity contribution is 0.372. The molecular weight excluding hydrogens is 258 g/mol. The number of benzene rings is 2. The van der Waals surface area contributed by atoms with Gasteiger partial charge in [0.1, 0.15) is 5.75 Å². The van der Waals surface area contributed by atoms with E-state index < -0.39 is 0 Å². The van der Waals surface area contributed by atoms with Gasteiger partial charge in [0.15, 0.2) is 0 Å². The van der Waals surface area contributed by atoms with E-state index in [1.165, 1.54) is 22.3 Å². The first-order valence-corrected chi connectivity index (χ1v) is 7.64. The van der Waals surface area contributed by atoms with E-state index in [1.807, 2.05) is 0 Å². The number of fused-ring (bicyclic) bond motifs is 1. The fourth-order valence-corrected chi connectivity index (χ4v) is 3.39. The van der Waals surface area contributed by atoms with Crippen molar-refractivity contribution in [3.8, 4) is 5.75 Å². The van der Waals surface area contributed by atoms with Crippen LogP contribution in [0, 0.1) is 6.92 Å². The van der Waals surface area contributed by atoms with Crippen molar-refractivity contribution >= 4 is 0 Å². The topological polar surface area (TPSA) is 21.3 Å². The summed E-state index contributed by atoms with van der Waals surface area (Å²) in [6.07, 6.45) is 1.05. The van der Waals surface area contributed by atoms with Gasteiger partial charge in [0.25, 0.3) is 0 Å². The van der Waals surface area contributed by atoms with Crippen molar-refractivity contribution in [3.05, 3.63) is 64.7 Å². The third kappa shape index (κ3) is 2.68. The zero-order chi connectivity index (χ0) is 14.8. The summed E-state index contributed by atoms with van der Waals surface area (Å²) in [6, 6.07) is 15.4. The molecular formula is C19H23NO. The summed E-state index contributed by atoms with van der Waals surface area (Å²) in [6.45, 7) is 5.42. The normalized spacial score (nSPS) is 20.9. The van der Waals surface area contributed by atoms with Crippen LogP contribution in [0.4, 0.5) is 0 Å². The van der Waals surface area contributed by atoms with Crippen molar-refractivity contribution in [3.63, 3.8) is 0 Å². The van der Waals surface area contributed by atoms with Crippen LogP contribution in [0.1, 0.15) is 35.1 Å². The predicted octanol–water partition coefficient (Wildman–Crippen LogP) is 3.82. The quantitative estimate of drug-likeness (QED) is 0.923. The number of hydrogen-bond acceptors (Lipinski definition) is 2. The molecule has 1 heterocycles. The fourth-order valence-electron chi connectivity index (χ4n) is 3.39. The van der Waals surface area contributed by atoms with Crippen molar-refractivity contribution in [2.24, 2.45) is 0 Å². The molecule has 0 saturated heterocycles. The molecule has 1 N–H and O–H groups in total. The minimum absolute atomic E-state index is 0.448. The van der Waals surface area contributed by atoms with Crippen molar-refractivity contribution in [1.82, 2.24) is 5.32 Å². The van der Waals surface area contributed by atoms with Crippen LogP contribution in [0.3, 0.4) is 0 Å². The highest BCUT2D eigenvalue weighted by Gasteiger charge is 2.29. The third-order valence-corrected chi connectivity index (χ3v) is 4.67. The van der Waals surface area contributed by atoms with Gasteiger partial charge in [-0.25, -0.2) is 0 Å². The summed E-state index contributed by atoms with van der Waals surface area (Å²) in [4.78, 5) is 0. The predicted molar refractivity (Wildman–Crippen MR) is 86.9 cm³/mol. The smallest absolute Gasteiger partial charge is 0.122 e. The molecule has 0 amide bonds. The van der Waals surface area contributed by atoms with E-state index >= 15 is 0 Å². The van der Waals surface area contributed by atoms with Gasteiger partial charge in [-0.1, -0.05) is 43.3 Å². The van der Waals surface area contributed by atoms with Gasteiger partial charge >= 0.3 is 0 Å². The van der Waals surface area contributed by atoms with Gasteiger partial charge in [-0.15, -0.1) is 0 Å². The molecule has 0 radical (unpaired) electrons. The van der Waals surface area contributed by atoms with Crippen molar-refractivity contribution in [1.29, 1.82) is 0 Å². The van der Waals surface area contributed by atoms with Crippen LogP contribution in [0.2, 0.25) is 0 Å². The Bertz CT molecular complexity index is 621. The summed E-state index contributed by atoms with van der Waals surface area (Å²) in [5.74, 6) is 1.48. The Morgan fingerprint density at radius 2 is 1.90 bits per heavy atom. The maximum Gasteiger partial charge on any atom is 0.122 e. The molecule has 0 aliphatic carbocycles. The standard InChI is InChI=1S/C19H23NO/c1-13-9-10-18(21-3)19-14(2)17(20-12-16(13)19)11-15-7-5-4-6-8-15/h4-10,14,17,20H,11-12H2,1-3H3. The maximum absolute atomic E-state index is 5.61. The zero-order valence-electron chi connectivity index (χ0n) is 13.0. The molecule has 0 aromatic heterocycles. The first kappa shape index (κ1) is 14.2. The Kier molecular flexibility index (Phi) is 3.98. The lowest BCUT2D eigenvalue weighted by Gasteiger charge is -2.34. The van der Waals surface area contributed by atoms with E-state index in [-0.39, 0.29) is 0 Å². The van der Waals surface area contributed by atoms with Gasteiger partial charge in [0.05, 0.1) is 7.11 Å². The molecule has 1 aliphatic heterocycles. The molecule has 0 spiro atoms.